The van der Waals surface area contributed by atoms with E-state index in [1.54, 1.807) is 7.05 Å². The molecular weight excluding hydrogens is 245 g/mol. The molecule has 1 aliphatic rings. The second-order valence-corrected chi connectivity index (χ2v) is 5.71. The van der Waals surface area contributed by atoms with Crippen LogP contribution in [-0.2, 0) is 0 Å². The number of halogens is 1. The summed E-state index contributed by atoms with van der Waals surface area (Å²) in [5.41, 5.74) is 0.348. The van der Waals surface area contributed by atoms with E-state index in [9.17, 15) is 9.18 Å². The van der Waals surface area contributed by atoms with E-state index in [4.69, 9.17) is 0 Å². The fourth-order valence-electron chi connectivity index (χ4n) is 2.64. The summed E-state index contributed by atoms with van der Waals surface area (Å²) in [6.45, 7) is 4.29. The Morgan fingerprint density at radius 3 is 2.84 bits per heavy atom. The maximum Gasteiger partial charge on any atom is 0.255 e. The minimum atomic E-state index is -0.505. The summed E-state index contributed by atoms with van der Waals surface area (Å²) in [4.78, 5) is 16.1. The molecule has 0 spiro atoms. The number of nitrogens with zero attached hydrogens (tertiary/aromatic N) is 1. The third-order valence-electron chi connectivity index (χ3n) is 3.90. The predicted octanol–water partition coefficient (Wildman–Crippen LogP) is 2.57. The van der Waals surface area contributed by atoms with Gasteiger partial charge in [0, 0.05) is 13.1 Å². The first-order valence-electron chi connectivity index (χ1n) is 6.58. The van der Waals surface area contributed by atoms with Crippen LogP contribution in [0.5, 0.6) is 0 Å². The van der Waals surface area contributed by atoms with Gasteiger partial charge in [0.2, 0.25) is 0 Å². The lowest BCUT2D eigenvalue weighted by Gasteiger charge is -2.28. The fraction of sp³-hybridized carbons (Fsp3) is 0.571. The van der Waals surface area contributed by atoms with Crippen molar-refractivity contribution in [3.8, 4) is 0 Å². The van der Waals surface area contributed by atoms with Gasteiger partial charge in [-0.05, 0) is 24.3 Å². The molecule has 0 aromatic carbocycles. The molecule has 1 aliphatic carbocycles. The van der Waals surface area contributed by atoms with Gasteiger partial charge in [0.1, 0.15) is 11.6 Å². The molecule has 0 radical (unpaired) electrons. The van der Waals surface area contributed by atoms with Crippen LogP contribution in [0.4, 0.5) is 10.2 Å². The number of amides is 1. The van der Waals surface area contributed by atoms with Crippen molar-refractivity contribution in [3.63, 3.8) is 0 Å². The summed E-state index contributed by atoms with van der Waals surface area (Å²) in [6, 6.07) is 1.35. The molecular formula is C14H20FN3O. The standard InChI is InChI=1S/C14H20FN3O/c1-14(2)6-4-5-11(14)18-13(19)10-7-9(15)8-17-12(10)16-3/h7-8,11H,4-6H2,1-3H3,(H,16,17)(H,18,19). The zero-order chi connectivity index (χ0) is 14.0. The van der Waals surface area contributed by atoms with Crippen LogP contribution in [0.2, 0.25) is 0 Å². The third kappa shape index (κ3) is 2.85. The van der Waals surface area contributed by atoms with Crippen molar-refractivity contribution in [2.24, 2.45) is 5.41 Å². The van der Waals surface area contributed by atoms with Gasteiger partial charge >= 0.3 is 0 Å². The van der Waals surface area contributed by atoms with Crippen LogP contribution >= 0.6 is 0 Å². The molecule has 1 fully saturated rings. The predicted molar refractivity (Wildman–Crippen MR) is 72.6 cm³/mol. The van der Waals surface area contributed by atoms with Gasteiger partial charge in [-0.25, -0.2) is 9.37 Å². The van der Waals surface area contributed by atoms with Crippen molar-refractivity contribution in [3.05, 3.63) is 23.6 Å². The number of carbonyl (C=O) groups excluding carboxylic acids is 1. The van der Waals surface area contributed by atoms with Crippen LogP contribution in [0.1, 0.15) is 43.5 Å². The molecule has 2 N–H and O–H groups in total. The molecule has 1 atom stereocenters. The van der Waals surface area contributed by atoms with Crippen molar-refractivity contribution in [2.75, 3.05) is 12.4 Å². The van der Waals surface area contributed by atoms with E-state index < -0.39 is 5.82 Å². The van der Waals surface area contributed by atoms with Gasteiger partial charge in [0.15, 0.2) is 0 Å². The Balaban J connectivity index is 2.18. The Bertz CT molecular complexity index is 488. The van der Waals surface area contributed by atoms with Crippen LogP contribution in [0, 0.1) is 11.2 Å². The quantitative estimate of drug-likeness (QED) is 0.883. The van der Waals surface area contributed by atoms with Gasteiger partial charge in [-0.15, -0.1) is 0 Å². The van der Waals surface area contributed by atoms with Crippen molar-refractivity contribution >= 4 is 11.7 Å². The highest BCUT2D eigenvalue weighted by Crippen LogP contribution is 2.37. The van der Waals surface area contributed by atoms with E-state index in [1.165, 1.54) is 6.07 Å². The monoisotopic (exact) mass is 265 g/mol. The number of nitrogens with one attached hydrogen (secondary N) is 2. The van der Waals surface area contributed by atoms with Gasteiger partial charge in [0.25, 0.3) is 5.91 Å². The molecule has 1 amide bonds. The van der Waals surface area contributed by atoms with Crippen LogP contribution in [0.15, 0.2) is 12.3 Å². The first kappa shape index (κ1) is 13.8. The third-order valence-corrected chi connectivity index (χ3v) is 3.90. The second kappa shape index (κ2) is 5.15. The van der Waals surface area contributed by atoms with Crippen LogP contribution in [-0.4, -0.2) is 24.0 Å². The summed E-state index contributed by atoms with van der Waals surface area (Å²) >= 11 is 0. The van der Waals surface area contributed by atoms with Crippen molar-refractivity contribution in [1.82, 2.24) is 10.3 Å². The Labute approximate surface area is 112 Å². The zero-order valence-corrected chi connectivity index (χ0v) is 11.6. The molecule has 2 rings (SSSR count). The van der Waals surface area contributed by atoms with E-state index in [0.29, 0.717) is 5.82 Å². The van der Waals surface area contributed by atoms with Crippen LogP contribution in [0.3, 0.4) is 0 Å². The van der Waals surface area contributed by atoms with Gasteiger partial charge in [-0.1, -0.05) is 20.3 Å². The minimum Gasteiger partial charge on any atom is -0.372 e. The number of carbonyl (C=O) groups is 1. The number of hydrogen-bond donors (Lipinski definition) is 2. The Kier molecular flexibility index (Phi) is 3.73. The SMILES string of the molecule is CNc1ncc(F)cc1C(=O)NC1CCCC1(C)C. The van der Waals surface area contributed by atoms with Gasteiger partial charge in [-0.3, -0.25) is 4.79 Å². The summed E-state index contributed by atoms with van der Waals surface area (Å²) in [5, 5.41) is 5.81. The minimum absolute atomic E-state index is 0.0935. The van der Waals surface area contributed by atoms with E-state index in [2.05, 4.69) is 29.5 Å². The summed E-state index contributed by atoms with van der Waals surface area (Å²) in [5.74, 6) is -0.374. The van der Waals surface area contributed by atoms with Crippen molar-refractivity contribution in [2.45, 2.75) is 39.2 Å². The normalized spacial score (nSPS) is 21.2. The number of rotatable bonds is 3. The molecule has 5 heteroatoms. The smallest absolute Gasteiger partial charge is 0.255 e. The average molecular weight is 265 g/mol. The molecule has 1 heterocycles. The largest absolute Gasteiger partial charge is 0.372 e. The summed E-state index contributed by atoms with van der Waals surface area (Å²) in [7, 11) is 1.66. The fourth-order valence-corrected chi connectivity index (χ4v) is 2.64. The van der Waals surface area contributed by atoms with Crippen LogP contribution < -0.4 is 10.6 Å². The Morgan fingerprint density at radius 2 is 2.26 bits per heavy atom. The lowest BCUT2D eigenvalue weighted by Crippen LogP contribution is -2.41. The van der Waals surface area contributed by atoms with Gasteiger partial charge < -0.3 is 10.6 Å². The lowest BCUT2D eigenvalue weighted by atomic mass is 9.87. The zero-order valence-electron chi connectivity index (χ0n) is 11.6. The number of hydrogen-bond acceptors (Lipinski definition) is 3. The molecule has 1 aromatic rings. The van der Waals surface area contributed by atoms with Crippen molar-refractivity contribution < 1.29 is 9.18 Å². The number of anilines is 1. The Hall–Kier alpha value is -1.65. The van der Waals surface area contributed by atoms with Gasteiger partial charge in [0.05, 0.1) is 11.8 Å². The van der Waals surface area contributed by atoms with Crippen LogP contribution in [0.25, 0.3) is 0 Å². The first-order chi connectivity index (χ1) is 8.94. The lowest BCUT2D eigenvalue weighted by molar-refractivity contribution is 0.0910. The molecule has 19 heavy (non-hydrogen) atoms. The topological polar surface area (TPSA) is 54.0 Å². The summed E-state index contributed by atoms with van der Waals surface area (Å²) < 4.78 is 13.2. The highest BCUT2D eigenvalue weighted by atomic mass is 19.1. The van der Waals surface area contributed by atoms with E-state index in [0.717, 1.165) is 25.5 Å². The molecule has 104 valence electrons. The molecule has 4 nitrogen and oxygen atoms in total. The molecule has 0 saturated heterocycles. The van der Waals surface area contributed by atoms with E-state index >= 15 is 0 Å². The van der Waals surface area contributed by atoms with E-state index in [1.807, 2.05) is 0 Å². The van der Waals surface area contributed by atoms with Crippen molar-refractivity contribution in [1.29, 1.82) is 0 Å². The number of pyridine rings is 1. The average Bonchev–Trinajstić information content (AvgIpc) is 2.68. The number of aromatic nitrogens is 1. The molecule has 1 saturated carbocycles. The highest BCUT2D eigenvalue weighted by Gasteiger charge is 2.35. The second-order valence-electron chi connectivity index (χ2n) is 5.71. The maximum absolute atomic E-state index is 13.2. The Morgan fingerprint density at radius 1 is 1.53 bits per heavy atom. The van der Waals surface area contributed by atoms with E-state index in [-0.39, 0.29) is 22.9 Å². The maximum atomic E-state index is 13.2. The molecule has 0 bridgehead atoms. The molecule has 1 aromatic heterocycles. The first-order valence-corrected chi connectivity index (χ1v) is 6.58. The van der Waals surface area contributed by atoms with Gasteiger partial charge in [-0.2, -0.15) is 0 Å². The highest BCUT2D eigenvalue weighted by molar-refractivity contribution is 5.98. The summed E-state index contributed by atoms with van der Waals surface area (Å²) in [6.07, 6.45) is 4.27. The molecule has 1 unspecified atom stereocenters. The molecule has 0 aliphatic heterocycles.